The first kappa shape index (κ1) is 19.1. The minimum absolute atomic E-state index is 0.205. The molecule has 0 saturated heterocycles. The molecule has 0 N–H and O–H groups in total. The van der Waals surface area contributed by atoms with Crippen LogP contribution >= 0.6 is 34.3 Å². The van der Waals surface area contributed by atoms with Gasteiger partial charge in [0.25, 0.3) is 5.91 Å². The van der Waals surface area contributed by atoms with Gasteiger partial charge in [0.1, 0.15) is 16.4 Å². The van der Waals surface area contributed by atoms with E-state index in [1.807, 2.05) is 48.5 Å². The van der Waals surface area contributed by atoms with E-state index >= 15 is 0 Å². The second-order valence-corrected chi connectivity index (χ2v) is 8.98. The van der Waals surface area contributed by atoms with Crippen molar-refractivity contribution in [2.24, 2.45) is 0 Å². The second-order valence-electron chi connectivity index (χ2n) is 6.54. The highest BCUT2D eigenvalue weighted by Crippen LogP contribution is 2.38. The van der Waals surface area contributed by atoms with Crippen LogP contribution in [0.3, 0.4) is 0 Å². The van der Waals surface area contributed by atoms with E-state index in [0.717, 1.165) is 26.1 Å². The molecule has 0 aliphatic heterocycles. The molecule has 5 nitrogen and oxygen atoms in total. The lowest BCUT2D eigenvalue weighted by Gasteiger charge is -2.18. The summed E-state index contributed by atoms with van der Waals surface area (Å²) >= 11 is 9.40. The van der Waals surface area contributed by atoms with Crippen molar-refractivity contribution in [1.29, 1.82) is 0 Å². The number of aromatic nitrogens is 1. The molecule has 0 aliphatic rings. The second kappa shape index (κ2) is 7.75. The maximum atomic E-state index is 13.6. The summed E-state index contributed by atoms with van der Waals surface area (Å²) in [4.78, 5) is 20.4. The third kappa shape index (κ3) is 3.35. The molecule has 0 saturated carbocycles. The highest BCUT2D eigenvalue weighted by Gasteiger charge is 2.27. The van der Waals surface area contributed by atoms with Gasteiger partial charge in [0.2, 0.25) is 0 Å². The standard InChI is InChI=1S/C22H15ClN2O3S2/c1-27-13-8-9-16-18(11-13)30-22(24-16)25(12-14-5-4-10-28-14)21(26)20-19(23)15-6-2-3-7-17(15)29-20/h2-11H,12H2,1H3. The number of nitrogens with zero attached hydrogens (tertiary/aromatic N) is 2. The summed E-state index contributed by atoms with van der Waals surface area (Å²) in [5.74, 6) is 1.20. The zero-order valence-electron chi connectivity index (χ0n) is 15.8. The third-order valence-electron chi connectivity index (χ3n) is 4.68. The maximum Gasteiger partial charge on any atom is 0.272 e. The van der Waals surface area contributed by atoms with Gasteiger partial charge in [-0.05, 0) is 36.4 Å². The molecule has 0 unspecified atom stereocenters. The number of furan rings is 1. The summed E-state index contributed by atoms with van der Waals surface area (Å²) < 4.78 is 12.7. The van der Waals surface area contributed by atoms with Crippen molar-refractivity contribution in [2.45, 2.75) is 6.54 Å². The molecule has 30 heavy (non-hydrogen) atoms. The van der Waals surface area contributed by atoms with Gasteiger partial charge in [-0.1, -0.05) is 41.1 Å². The lowest BCUT2D eigenvalue weighted by Crippen LogP contribution is -2.29. The Kier molecular flexibility index (Phi) is 4.94. The van der Waals surface area contributed by atoms with Gasteiger partial charge < -0.3 is 9.15 Å². The fourth-order valence-electron chi connectivity index (χ4n) is 3.19. The number of fused-ring (bicyclic) bond motifs is 2. The van der Waals surface area contributed by atoms with Crippen LogP contribution in [0.2, 0.25) is 5.02 Å². The van der Waals surface area contributed by atoms with Crippen LogP contribution in [0.1, 0.15) is 15.4 Å². The molecule has 5 aromatic rings. The minimum Gasteiger partial charge on any atom is -0.497 e. The van der Waals surface area contributed by atoms with Gasteiger partial charge in [0.05, 0.1) is 35.2 Å². The Morgan fingerprint density at radius 1 is 1.13 bits per heavy atom. The molecule has 0 radical (unpaired) electrons. The van der Waals surface area contributed by atoms with Crippen molar-refractivity contribution in [3.63, 3.8) is 0 Å². The van der Waals surface area contributed by atoms with E-state index in [-0.39, 0.29) is 12.5 Å². The lowest BCUT2D eigenvalue weighted by atomic mass is 10.2. The molecule has 3 heterocycles. The largest absolute Gasteiger partial charge is 0.497 e. The number of amides is 1. The fourth-order valence-corrected chi connectivity index (χ4v) is 5.65. The predicted octanol–water partition coefficient (Wildman–Crippen LogP) is 6.61. The Hall–Kier alpha value is -2.87. The number of benzene rings is 2. The first-order chi connectivity index (χ1) is 14.6. The van der Waals surface area contributed by atoms with Gasteiger partial charge in [0, 0.05) is 10.1 Å². The number of thiophene rings is 1. The van der Waals surface area contributed by atoms with Crippen molar-refractivity contribution < 1.29 is 13.9 Å². The molecule has 0 bridgehead atoms. The first-order valence-electron chi connectivity index (χ1n) is 9.10. The molecular formula is C22H15ClN2O3S2. The van der Waals surface area contributed by atoms with Crippen LogP contribution in [0.5, 0.6) is 5.75 Å². The van der Waals surface area contributed by atoms with Crippen LogP contribution in [-0.2, 0) is 6.54 Å². The molecule has 2 aromatic carbocycles. The lowest BCUT2D eigenvalue weighted by molar-refractivity contribution is 0.0987. The minimum atomic E-state index is -0.205. The third-order valence-corrected chi connectivity index (χ3v) is 7.39. The van der Waals surface area contributed by atoms with E-state index in [2.05, 4.69) is 4.98 Å². The highest BCUT2D eigenvalue weighted by molar-refractivity contribution is 7.23. The van der Waals surface area contributed by atoms with Crippen molar-refractivity contribution in [3.05, 3.63) is 76.5 Å². The van der Waals surface area contributed by atoms with Crippen molar-refractivity contribution in [1.82, 2.24) is 4.98 Å². The van der Waals surface area contributed by atoms with Crippen LogP contribution < -0.4 is 9.64 Å². The molecule has 0 atom stereocenters. The number of hydrogen-bond donors (Lipinski definition) is 0. The molecular weight excluding hydrogens is 440 g/mol. The molecule has 3 aromatic heterocycles. The molecule has 1 amide bonds. The average Bonchev–Trinajstić information content (AvgIpc) is 3.50. The number of carbonyl (C=O) groups is 1. The average molecular weight is 455 g/mol. The van der Waals surface area contributed by atoms with E-state index in [1.165, 1.54) is 22.7 Å². The fraction of sp³-hybridized carbons (Fsp3) is 0.0909. The van der Waals surface area contributed by atoms with Crippen LogP contribution in [0, 0.1) is 0 Å². The number of anilines is 1. The number of rotatable bonds is 5. The van der Waals surface area contributed by atoms with E-state index in [0.29, 0.717) is 20.8 Å². The summed E-state index contributed by atoms with van der Waals surface area (Å²) in [6.45, 7) is 0.257. The maximum absolute atomic E-state index is 13.6. The Bertz CT molecular complexity index is 1360. The number of carbonyl (C=O) groups excluding carboxylic acids is 1. The van der Waals surface area contributed by atoms with Gasteiger partial charge >= 0.3 is 0 Å². The monoisotopic (exact) mass is 454 g/mol. The topological polar surface area (TPSA) is 55.6 Å². The number of methoxy groups -OCH3 is 1. The van der Waals surface area contributed by atoms with Crippen molar-refractivity contribution in [2.75, 3.05) is 12.0 Å². The van der Waals surface area contributed by atoms with Crippen molar-refractivity contribution in [3.8, 4) is 5.75 Å². The van der Waals surface area contributed by atoms with Crippen LogP contribution in [0.4, 0.5) is 5.13 Å². The zero-order valence-corrected chi connectivity index (χ0v) is 18.2. The van der Waals surface area contributed by atoms with Crippen LogP contribution in [0.15, 0.2) is 65.3 Å². The summed E-state index contributed by atoms with van der Waals surface area (Å²) in [7, 11) is 1.62. The van der Waals surface area contributed by atoms with E-state index in [1.54, 1.807) is 24.3 Å². The molecule has 8 heteroatoms. The summed E-state index contributed by atoms with van der Waals surface area (Å²) in [5, 5.41) is 1.92. The van der Waals surface area contributed by atoms with Gasteiger partial charge in [0.15, 0.2) is 5.13 Å². The predicted molar refractivity (Wildman–Crippen MR) is 122 cm³/mol. The SMILES string of the molecule is COc1ccc2nc(N(Cc3ccco3)C(=O)c3sc4ccccc4c3Cl)sc2c1. The molecule has 0 aliphatic carbocycles. The van der Waals surface area contributed by atoms with E-state index < -0.39 is 0 Å². The smallest absolute Gasteiger partial charge is 0.272 e. The Labute approximate surface area is 185 Å². The Morgan fingerprint density at radius 2 is 2.00 bits per heavy atom. The normalized spacial score (nSPS) is 11.3. The molecule has 150 valence electrons. The summed E-state index contributed by atoms with van der Waals surface area (Å²) in [5.41, 5.74) is 0.801. The number of thiazole rings is 1. The number of ether oxygens (including phenoxy) is 1. The molecule has 5 rings (SSSR count). The van der Waals surface area contributed by atoms with Crippen LogP contribution in [-0.4, -0.2) is 18.0 Å². The Balaban J connectivity index is 1.61. The van der Waals surface area contributed by atoms with Crippen LogP contribution in [0.25, 0.3) is 20.3 Å². The first-order valence-corrected chi connectivity index (χ1v) is 11.1. The van der Waals surface area contributed by atoms with Crippen molar-refractivity contribution >= 4 is 65.6 Å². The summed E-state index contributed by atoms with van der Waals surface area (Å²) in [6.07, 6.45) is 1.59. The quantitative estimate of drug-likeness (QED) is 0.299. The molecule has 0 fully saturated rings. The number of hydrogen-bond acceptors (Lipinski definition) is 6. The van der Waals surface area contributed by atoms with E-state index in [4.69, 9.17) is 20.8 Å². The Morgan fingerprint density at radius 3 is 2.77 bits per heavy atom. The van der Waals surface area contributed by atoms with Gasteiger partial charge in [-0.3, -0.25) is 9.69 Å². The van der Waals surface area contributed by atoms with Gasteiger partial charge in [-0.15, -0.1) is 11.3 Å². The molecule has 0 spiro atoms. The summed E-state index contributed by atoms with van der Waals surface area (Å²) in [6, 6.07) is 17.0. The number of halogens is 1. The zero-order chi connectivity index (χ0) is 20.7. The van der Waals surface area contributed by atoms with E-state index in [9.17, 15) is 4.79 Å². The van der Waals surface area contributed by atoms with Gasteiger partial charge in [-0.2, -0.15) is 0 Å². The highest BCUT2D eigenvalue weighted by atomic mass is 35.5. The van der Waals surface area contributed by atoms with Gasteiger partial charge in [-0.25, -0.2) is 4.98 Å².